The van der Waals surface area contributed by atoms with E-state index in [1.165, 1.54) is 17.0 Å². The normalized spacial score (nSPS) is 11.9. The number of amides is 2. The fourth-order valence-corrected chi connectivity index (χ4v) is 3.53. The van der Waals surface area contributed by atoms with Gasteiger partial charge < -0.3 is 15.0 Å². The van der Waals surface area contributed by atoms with Crippen molar-refractivity contribution in [2.45, 2.75) is 59.7 Å². The summed E-state index contributed by atoms with van der Waals surface area (Å²) >= 11 is 3.52. The van der Waals surface area contributed by atoms with Gasteiger partial charge >= 0.3 is 0 Å². The van der Waals surface area contributed by atoms with E-state index in [4.69, 9.17) is 4.74 Å². The van der Waals surface area contributed by atoms with Crippen LogP contribution in [0.3, 0.4) is 0 Å². The van der Waals surface area contributed by atoms with E-state index in [1.54, 1.807) is 12.1 Å². The van der Waals surface area contributed by atoms with E-state index in [1.807, 2.05) is 46.8 Å². The molecule has 0 aliphatic rings. The molecule has 5 nitrogen and oxygen atoms in total. The predicted molar refractivity (Wildman–Crippen MR) is 123 cm³/mol. The van der Waals surface area contributed by atoms with Gasteiger partial charge in [-0.05, 0) is 75.1 Å². The standard InChI is InChI=1S/C24H30BrFN2O3/c1-6-21(24(30)27-15(2)3)28(13-18-7-9-19(26)10-8-18)22(29)14-31-20-11-16(4)23(25)17(5)12-20/h7-12,15,21H,6,13-14H2,1-5H3,(H,27,30)/t21-/m1/s1. The van der Waals surface area contributed by atoms with Crippen LogP contribution in [0.1, 0.15) is 43.9 Å². The van der Waals surface area contributed by atoms with Gasteiger partial charge in [0.2, 0.25) is 5.91 Å². The molecule has 0 radical (unpaired) electrons. The van der Waals surface area contributed by atoms with Crippen LogP contribution in [0.15, 0.2) is 40.9 Å². The molecule has 168 valence electrons. The largest absolute Gasteiger partial charge is 0.484 e. The number of aryl methyl sites for hydroxylation is 2. The van der Waals surface area contributed by atoms with Crippen molar-refractivity contribution >= 4 is 27.7 Å². The molecule has 0 fully saturated rings. The van der Waals surface area contributed by atoms with E-state index in [2.05, 4.69) is 21.2 Å². The van der Waals surface area contributed by atoms with E-state index >= 15 is 0 Å². The molecule has 0 spiro atoms. The molecule has 2 rings (SSSR count). The van der Waals surface area contributed by atoms with Crippen molar-refractivity contribution < 1.29 is 18.7 Å². The van der Waals surface area contributed by atoms with Crippen LogP contribution in [-0.4, -0.2) is 35.4 Å². The Morgan fingerprint density at radius 2 is 1.71 bits per heavy atom. The van der Waals surface area contributed by atoms with Gasteiger partial charge in [0.15, 0.2) is 6.61 Å². The Kier molecular flexibility index (Phi) is 9.04. The lowest BCUT2D eigenvalue weighted by atomic mass is 10.1. The number of benzene rings is 2. The second kappa shape index (κ2) is 11.3. The predicted octanol–water partition coefficient (Wildman–Crippen LogP) is 4.92. The summed E-state index contributed by atoms with van der Waals surface area (Å²) in [7, 11) is 0. The topological polar surface area (TPSA) is 58.6 Å². The van der Waals surface area contributed by atoms with E-state index in [9.17, 15) is 14.0 Å². The monoisotopic (exact) mass is 492 g/mol. The maximum Gasteiger partial charge on any atom is 0.261 e. The number of nitrogens with one attached hydrogen (secondary N) is 1. The number of halogens is 2. The van der Waals surface area contributed by atoms with Crippen LogP contribution in [0.5, 0.6) is 5.75 Å². The molecule has 0 unspecified atom stereocenters. The number of carbonyl (C=O) groups excluding carboxylic acids is 2. The van der Waals surface area contributed by atoms with Crippen LogP contribution in [-0.2, 0) is 16.1 Å². The van der Waals surface area contributed by atoms with Gasteiger partial charge in [0.1, 0.15) is 17.6 Å². The molecule has 0 aliphatic heterocycles. The lowest BCUT2D eigenvalue weighted by molar-refractivity contribution is -0.143. The van der Waals surface area contributed by atoms with Crippen LogP contribution in [0.25, 0.3) is 0 Å². The molecule has 1 atom stereocenters. The molecule has 0 saturated heterocycles. The van der Waals surface area contributed by atoms with Crippen molar-refractivity contribution in [2.24, 2.45) is 0 Å². The SMILES string of the molecule is CC[C@H](C(=O)NC(C)C)N(Cc1ccc(F)cc1)C(=O)COc1cc(C)c(Br)c(C)c1. The van der Waals surface area contributed by atoms with Crippen molar-refractivity contribution in [1.29, 1.82) is 0 Å². The minimum Gasteiger partial charge on any atom is -0.484 e. The van der Waals surface area contributed by atoms with Gasteiger partial charge in [-0.1, -0.05) is 35.0 Å². The number of hydrogen-bond acceptors (Lipinski definition) is 3. The minimum absolute atomic E-state index is 0.0470. The van der Waals surface area contributed by atoms with Crippen LogP contribution in [0.2, 0.25) is 0 Å². The van der Waals surface area contributed by atoms with Crippen LogP contribution in [0.4, 0.5) is 4.39 Å². The third-order valence-corrected chi connectivity index (χ3v) is 6.11. The van der Waals surface area contributed by atoms with Gasteiger partial charge in [-0.2, -0.15) is 0 Å². The summed E-state index contributed by atoms with van der Waals surface area (Å²) in [6, 6.07) is 8.94. The fraction of sp³-hybridized carbons (Fsp3) is 0.417. The molecule has 0 saturated carbocycles. The van der Waals surface area contributed by atoms with Crippen molar-refractivity contribution in [3.8, 4) is 5.75 Å². The first-order chi connectivity index (χ1) is 14.6. The van der Waals surface area contributed by atoms with Gasteiger partial charge in [0, 0.05) is 17.1 Å². The minimum atomic E-state index is -0.656. The average Bonchev–Trinajstić information content (AvgIpc) is 2.70. The summed E-state index contributed by atoms with van der Waals surface area (Å²) in [5.74, 6) is -0.292. The molecule has 0 bridgehead atoms. The fourth-order valence-electron chi connectivity index (χ4n) is 3.30. The van der Waals surface area contributed by atoms with E-state index < -0.39 is 6.04 Å². The van der Waals surface area contributed by atoms with Crippen molar-refractivity contribution in [1.82, 2.24) is 10.2 Å². The molecular formula is C24H30BrFN2O3. The Balaban J connectivity index is 2.23. The van der Waals surface area contributed by atoms with Gasteiger partial charge in [0.05, 0.1) is 0 Å². The molecule has 7 heteroatoms. The second-order valence-corrected chi connectivity index (χ2v) is 8.69. The molecule has 0 heterocycles. The molecule has 0 aromatic heterocycles. The van der Waals surface area contributed by atoms with Gasteiger partial charge in [0.25, 0.3) is 5.91 Å². The zero-order chi connectivity index (χ0) is 23.1. The summed E-state index contributed by atoms with van der Waals surface area (Å²) in [6.07, 6.45) is 0.446. The number of ether oxygens (including phenoxy) is 1. The summed E-state index contributed by atoms with van der Waals surface area (Å²) in [6.45, 7) is 9.50. The van der Waals surface area contributed by atoms with E-state index in [-0.39, 0.29) is 36.8 Å². The Bertz CT molecular complexity index is 893. The first-order valence-electron chi connectivity index (χ1n) is 10.4. The Morgan fingerprint density at radius 3 is 2.23 bits per heavy atom. The zero-order valence-electron chi connectivity index (χ0n) is 18.7. The highest BCUT2D eigenvalue weighted by Crippen LogP contribution is 2.26. The highest BCUT2D eigenvalue weighted by atomic mass is 79.9. The first kappa shape index (κ1) is 24.9. The Morgan fingerprint density at radius 1 is 1.13 bits per heavy atom. The van der Waals surface area contributed by atoms with Crippen LogP contribution < -0.4 is 10.1 Å². The molecule has 0 aliphatic carbocycles. The Hall–Kier alpha value is -2.41. The number of rotatable bonds is 9. The maximum atomic E-state index is 13.3. The van der Waals surface area contributed by atoms with Crippen molar-refractivity contribution in [3.63, 3.8) is 0 Å². The van der Waals surface area contributed by atoms with Crippen molar-refractivity contribution in [3.05, 3.63) is 63.4 Å². The van der Waals surface area contributed by atoms with Crippen LogP contribution in [0, 0.1) is 19.7 Å². The number of nitrogens with zero attached hydrogens (tertiary/aromatic N) is 1. The summed E-state index contributed by atoms with van der Waals surface area (Å²) in [4.78, 5) is 27.4. The number of carbonyl (C=O) groups is 2. The summed E-state index contributed by atoms with van der Waals surface area (Å²) < 4.78 is 20.1. The lowest BCUT2D eigenvalue weighted by Crippen LogP contribution is -2.51. The van der Waals surface area contributed by atoms with E-state index in [0.717, 1.165) is 21.2 Å². The molecule has 1 N–H and O–H groups in total. The Labute approximate surface area is 192 Å². The van der Waals surface area contributed by atoms with E-state index in [0.29, 0.717) is 12.2 Å². The molecule has 2 amide bonds. The molecule has 31 heavy (non-hydrogen) atoms. The smallest absolute Gasteiger partial charge is 0.261 e. The first-order valence-corrected chi connectivity index (χ1v) is 11.2. The molecular weight excluding hydrogens is 463 g/mol. The zero-order valence-corrected chi connectivity index (χ0v) is 20.3. The van der Waals surface area contributed by atoms with Gasteiger partial charge in [-0.15, -0.1) is 0 Å². The maximum absolute atomic E-state index is 13.3. The second-order valence-electron chi connectivity index (χ2n) is 7.90. The van der Waals surface area contributed by atoms with Gasteiger partial charge in [-0.3, -0.25) is 9.59 Å². The summed E-state index contributed by atoms with van der Waals surface area (Å²) in [5.41, 5.74) is 2.75. The van der Waals surface area contributed by atoms with Crippen LogP contribution >= 0.6 is 15.9 Å². The van der Waals surface area contributed by atoms with Gasteiger partial charge in [-0.25, -0.2) is 4.39 Å². The molecule has 2 aromatic carbocycles. The lowest BCUT2D eigenvalue weighted by Gasteiger charge is -2.31. The highest BCUT2D eigenvalue weighted by Gasteiger charge is 2.29. The average molecular weight is 493 g/mol. The summed E-state index contributed by atoms with van der Waals surface area (Å²) in [5, 5.41) is 2.88. The molecule has 2 aromatic rings. The third-order valence-electron chi connectivity index (χ3n) is 4.86. The number of hydrogen-bond donors (Lipinski definition) is 1. The van der Waals surface area contributed by atoms with Crippen molar-refractivity contribution in [2.75, 3.05) is 6.61 Å². The highest BCUT2D eigenvalue weighted by molar-refractivity contribution is 9.10. The third kappa shape index (κ3) is 7.06. The quantitative estimate of drug-likeness (QED) is 0.540.